The van der Waals surface area contributed by atoms with E-state index in [0.29, 0.717) is 19.9 Å². The van der Waals surface area contributed by atoms with Gasteiger partial charge >= 0.3 is 11.9 Å². The number of rotatable bonds is 10. The highest BCUT2D eigenvalue weighted by Gasteiger charge is 2.19. The third-order valence-corrected chi connectivity index (χ3v) is 4.12. The number of aryl methyl sites for hydroxylation is 2. The van der Waals surface area contributed by atoms with E-state index in [1.165, 1.54) is 0 Å². The summed E-state index contributed by atoms with van der Waals surface area (Å²) in [4.78, 5) is 25.8. The maximum absolute atomic E-state index is 11.9. The summed E-state index contributed by atoms with van der Waals surface area (Å²) in [6, 6.07) is 3.33. The van der Waals surface area contributed by atoms with Crippen molar-refractivity contribution in [1.82, 2.24) is 24.5 Å². The molecule has 0 radical (unpaired) electrons. The molecule has 0 aliphatic heterocycles. The summed E-state index contributed by atoms with van der Waals surface area (Å²) in [7, 11) is 0. The Kier molecular flexibility index (Phi) is 7.91. The molecule has 2 heterocycles. The van der Waals surface area contributed by atoms with Gasteiger partial charge in [0.2, 0.25) is 0 Å². The average Bonchev–Trinajstić information content (AvgIpc) is 3.18. The van der Waals surface area contributed by atoms with Crippen LogP contribution in [0.4, 0.5) is 0 Å². The van der Waals surface area contributed by atoms with Crippen LogP contribution < -0.4 is 0 Å². The minimum Gasteiger partial charge on any atom is -0.461 e. The highest BCUT2D eigenvalue weighted by atomic mass is 16.5. The van der Waals surface area contributed by atoms with Crippen molar-refractivity contribution in [2.45, 2.75) is 54.1 Å². The fourth-order valence-corrected chi connectivity index (χ4v) is 2.83. The number of esters is 2. The molecule has 1 atom stereocenters. The van der Waals surface area contributed by atoms with Gasteiger partial charge < -0.3 is 14.6 Å². The number of carbonyl (C=O) groups is 2. The Balaban J connectivity index is 2.19. The monoisotopic (exact) mass is 407 g/mol. The zero-order valence-corrected chi connectivity index (χ0v) is 17.6. The molecule has 0 bridgehead atoms. The Morgan fingerprint density at radius 3 is 1.76 bits per heavy atom. The van der Waals surface area contributed by atoms with Gasteiger partial charge in [-0.25, -0.2) is 9.59 Å². The average molecular weight is 407 g/mol. The van der Waals surface area contributed by atoms with Crippen molar-refractivity contribution < 1.29 is 24.2 Å². The Labute approximate surface area is 170 Å². The topological polar surface area (TPSA) is 112 Å². The van der Waals surface area contributed by atoms with E-state index < -0.39 is 18.0 Å². The van der Waals surface area contributed by atoms with Gasteiger partial charge in [-0.15, -0.1) is 0 Å². The van der Waals surface area contributed by atoms with E-state index >= 15 is 0 Å². The summed E-state index contributed by atoms with van der Waals surface area (Å²) in [5.41, 5.74) is 2.04. The predicted octanol–water partition coefficient (Wildman–Crippen LogP) is 1.35. The fourth-order valence-electron chi connectivity index (χ4n) is 2.83. The second kappa shape index (κ2) is 10.2. The van der Waals surface area contributed by atoms with E-state index in [-0.39, 0.29) is 24.6 Å². The maximum Gasteiger partial charge on any atom is 0.358 e. The van der Waals surface area contributed by atoms with Crippen LogP contribution in [-0.4, -0.2) is 67.4 Å². The number of hydrogen-bond acceptors (Lipinski definition) is 8. The van der Waals surface area contributed by atoms with Crippen LogP contribution in [0, 0.1) is 13.8 Å². The number of nitrogens with zero attached hydrogens (tertiary/aromatic N) is 5. The van der Waals surface area contributed by atoms with Gasteiger partial charge in [-0.2, -0.15) is 10.2 Å². The maximum atomic E-state index is 11.9. The first-order chi connectivity index (χ1) is 13.7. The zero-order valence-electron chi connectivity index (χ0n) is 17.6. The number of hydrogen-bond donors (Lipinski definition) is 1. The molecular formula is C19H29N5O5. The van der Waals surface area contributed by atoms with Crippen LogP contribution in [0.15, 0.2) is 12.1 Å². The van der Waals surface area contributed by atoms with Crippen molar-refractivity contribution in [2.75, 3.05) is 19.8 Å². The summed E-state index contributed by atoms with van der Waals surface area (Å²) in [6.45, 7) is 10.4. The molecule has 0 saturated carbocycles. The molecule has 0 fully saturated rings. The van der Waals surface area contributed by atoms with Crippen molar-refractivity contribution in [3.05, 3.63) is 34.9 Å². The SMILES string of the molecule is CCOC(=O)c1cc(C)n(CN(CC(C)O)Cn2nc(C(=O)OCC)cc2C)n1. The Morgan fingerprint density at radius 1 is 1.00 bits per heavy atom. The third kappa shape index (κ3) is 6.13. The van der Waals surface area contributed by atoms with Crippen LogP contribution in [-0.2, 0) is 22.8 Å². The van der Waals surface area contributed by atoms with Crippen LogP contribution in [0.3, 0.4) is 0 Å². The van der Waals surface area contributed by atoms with Crippen LogP contribution >= 0.6 is 0 Å². The quantitative estimate of drug-likeness (QED) is 0.588. The Hall–Kier alpha value is -2.72. The number of aromatic nitrogens is 4. The summed E-state index contributed by atoms with van der Waals surface area (Å²) >= 11 is 0. The number of ether oxygens (including phenoxy) is 2. The lowest BCUT2D eigenvalue weighted by Gasteiger charge is -2.24. The van der Waals surface area contributed by atoms with Gasteiger partial charge in [0.05, 0.1) is 32.7 Å². The van der Waals surface area contributed by atoms with E-state index in [1.54, 1.807) is 42.3 Å². The number of aliphatic hydroxyl groups is 1. The van der Waals surface area contributed by atoms with E-state index in [9.17, 15) is 14.7 Å². The van der Waals surface area contributed by atoms with Crippen molar-refractivity contribution in [2.24, 2.45) is 0 Å². The lowest BCUT2D eigenvalue weighted by atomic mass is 10.3. The summed E-state index contributed by atoms with van der Waals surface area (Å²) in [6.07, 6.45) is -0.587. The molecule has 10 nitrogen and oxygen atoms in total. The first-order valence-electron chi connectivity index (χ1n) is 9.58. The molecule has 1 unspecified atom stereocenters. The largest absolute Gasteiger partial charge is 0.461 e. The van der Waals surface area contributed by atoms with Gasteiger partial charge in [-0.3, -0.25) is 14.3 Å². The molecule has 1 N–H and O–H groups in total. The smallest absolute Gasteiger partial charge is 0.358 e. The molecule has 10 heteroatoms. The molecule has 0 amide bonds. The molecule has 0 spiro atoms. The van der Waals surface area contributed by atoms with Gasteiger partial charge in [0, 0.05) is 17.9 Å². The van der Waals surface area contributed by atoms with Gasteiger partial charge in [-0.1, -0.05) is 0 Å². The lowest BCUT2D eigenvalue weighted by molar-refractivity contribution is 0.0509. The second-order valence-corrected chi connectivity index (χ2v) is 6.77. The molecule has 29 heavy (non-hydrogen) atoms. The van der Waals surface area contributed by atoms with E-state index in [1.807, 2.05) is 18.7 Å². The summed E-state index contributed by atoms with van der Waals surface area (Å²) in [5.74, 6) is -0.947. The second-order valence-electron chi connectivity index (χ2n) is 6.77. The van der Waals surface area contributed by atoms with Crippen molar-refractivity contribution in [3.8, 4) is 0 Å². The van der Waals surface area contributed by atoms with Gasteiger partial charge in [0.1, 0.15) is 0 Å². The van der Waals surface area contributed by atoms with Crippen LogP contribution in [0.25, 0.3) is 0 Å². The first kappa shape index (κ1) is 22.6. The van der Waals surface area contributed by atoms with Crippen molar-refractivity contribution in [1.29, 1.82) is 0 Å². The minimum absolute atomic E-state index is 0.237. The zero-order chi connectivity index (χ0) is 21.6. The Morgan fingerprint density at radius 2 is 1.41 bits per heavy atom. The Bertz CT molecular complexity index is 778. The number of carbonyl (C=O) groups excluding carboxylic acids is 2. The number of aliphatic hydroxyl groups excluding tert-OH is 1. The highest BCUT2D eigenvalue weighted by Crippen LogP contribution is 2.10. The van der Waals surface area contributed by atoms with Crippen LogP contribution in [0.1, 0.15) is 53.1 Å². The molecule has 0 aliphatic carbocycles. The molecule has 2 aromatic rings. The normalized spacial score (nSPS) is 12.2. The fraction of sp³-hybridized carbons (Fsp3) is 0.579. The lowest BCUT2D eigenvalue weighted by Crippen LogP contribution is -2.35. The highest BCUT2D eigenvalue weighted by molar-refractivity contribution is 5.87. The van der Waals surface area contributed by atoms with E-state index in [4.69, 9.17) is 9.47 Å². The van der Waals surface area contributed by atoms with E-state index in [0.717, 1.165) is 11.4 Å². The molecular weight excluding hydrogens is 378 g/mol. The molecule has 0 aliphatic rings. The van der Waals surface area contributed by atoms with E-state index in [2.05, 4.69) is 10.2 Å². The molecule has 160 valence electrons. The van der Waals surface area contributed by atoms with Gasteiger partial charge in [-0.05, 0) is 46.8 Å². The van der Waals surface area contributed by atoms with Crippen molar-refractivity contribution in [3.63, 3.8) is 0 Å². The molecule has 0 aromatic carbocycles. The predicted molar refractivity (Wildman–Crippen MR) is 104 cm³/mol. The summed E-state index contributed by atoms with van der Waals surface area (Å²) < 4.78 is 13.3. The third-order valence-electron chi connectivity index (χ3n) is 4.12. The van der Waals surface area contributed by atoms with Crippen molar-refractivity contribution >= 4 is 11.9 Å². The molecule has 2 aromatic heterocycles. The van der Waals surface area contributed by atoms with Crippen LogP contribution in [0.5, 0.6) is 0 Å². The van der Waals surface area contributed by atoms with Crippen LogP contribution in [0.2, 0.25) is 0 Å². The van der Waals surface area contributed by atoms with Gasteiger partial charge in [0.25, 0.3) is 0 Å². The molecule has 0 saturated heterocycles. The summed E-state index contributed by atoms with van der Waals surface area (Å²) in [5, 5.41) is 18.5. The first-order valence-corrected chi connectivity index (χ1v) is 9.58. The molecule has 2 rings (SSSR count). The van der Waals surface area contributed by atoms with Gasteiger partial charge in [0.15, 0.2) is 11.4 Å². The standard InChI is InChI=1S/C19H29N5O5/c1-6-28-18(26)16-8-13(3)23(20-16)11-22(10-15(5)25)12-24-14(4)9-17(21-24)19(27)29-7-2/h8-9,15,25H,6-7,10-12H2,1-5H3. The minimum atomic E-state index is -0.587.